The lowest BCUT2D eigenvalue weighted by Gasteiger charge is -2.46. The third kappa shape index (κ3) is 5.92. The third-order valence-corrected chi connectivity index (χ3v) is 19.2. The predicted octanol–water partition coefficient (Wildman–Crippen LogP) is 3.72. The number of nitrogens with zero attached hydrogens (tertiary/aromatic N) is 2. The molecule has 3 rings (SSSR count). The van der Waals surface area contributed by atoms with Crippen LogP contribution in [0.25, 0.3) is 0 Å². The van der Waals surface area contributed by atoms with Crippen LogP contribution in [0.1, 0.15) is 67.1 Å². The minimum absolute atomic E-state index is 0.00745. The van der Waals surface area contributed by atoms with Gasteiger partial charge in [0.1, 0.15) is 24.4 Å². The van der Waals surface area contributed by atoms with Crippen LogP contribution in [0, 0.1) is 0 Å². The fourth-order valence-corrected chi connectivity index (χ4v) is 17.5. The monoisotopic (exact) mass is 646 g/mol. The molecule has 4 atom stereocenters. The summed E-state index contributed by atoms with van der Waals surface area (Å²) in [7, 11) is -9.73. The SMILES string of the molecule is CC(C)[Si]1(C(C)C)O[C@@H]2[C@H](O[Si](C(C)C)(C(C)C)O1)[C@@H](COS(=O)(=O)C(F)(F)F)O[C@H]2c1cn(C)c(=O)n(C)c1=O. The van der Waals surface area contributed by atoms with Crippen molar-refractivity contribution in [2.75, 3.05) is 6.61 Å². The molecule has 0 amide bonds. The first-order valence-electron chi connectivity index (χ1n) is 13.6. The highest BCUT2D eigenvalue weighted by Gasteiger charge is 2.65. The van der Waals surface area contributed by atoms with Gasteiger partial charge in [0.25, 0.3) is 5.56 Å². The van der Waals surface area contributed by atoms with Gasteiger partial charge in [-0.25, -0.2) is 4.79 Å². The van der Waals surface area contributed by atoms with Crippen LogP contribution in [0.5, 0.6) is 0 Å². The summed E-state index contributed by atoms with van der Waals surface area (Å²) >= 11 is 0. The average molecular weight is 647 g/mol. The van der Waals surface area contributed by atoms with Gasteiger partial charge in [-0.2, -0.15) is 21.6 Å². The fourth-order valence-electron chi connectivity index (χ4n) is 5.71. The summed E-state index contributed by atoms with van der Waals surface area (Å²) in [5.74, 6) is 0. The van der Waals surface area contributed by atoms with Gasteiger partial charge in [0.2, 0.25) is 0 Å². The van der Waals surface area contributed by atoms with Crippen molar-refractivity contribution in [1.82, 2.24) is 9.13 Å². The van der Waals surface area contributed by atoms with E-state index in [1.165, 1.54) is 24.9 Å². The van der Waals surface area contributed by atoms with Crippen molar-refractivity contribution in [2.45, 2.75) is 107 Å². The lowest BCUT2D eigenvalue weighted by molar-refractivity contribution is -0.0627. The number of aryl methyl sites for hydroxylation is 1. The van der Waals surface area contributed by atoms with E-state index in [2.05, 4.69) is 4.18 Å². The minimum atomic E-state index is -5.95. The van der Waals surface area contributed by atoms with Crippen LogP contribution in [0.15, 0.2) is 15.8 Å². The minimum Gasteiger partial charge on any atom is -0.414 e. The largest absolute Gasteiger partial charge is 0.523 e. The van der Waals surface area contributed by atoms with Gasteiger partial charge in [-0.05, 0) is 22.2 Å². The van der Waals surface area contributed by atoms with Gasteiger partial charge >= 0.3 is 38.4 Å². The Morgan fingerprint density at radius 2 is 1.37 bits per heavy atom. The van der Waals surface area contributed by atoms with E-state index in [0.717, 1.165) is 4.57 Å². The zero-order valence-electron chi connectivity index (χ0n) is 25.0. The Morgan fingerprint density at radius 1 is 0.902 bits per heavy atom. The standard InChI is InChI=1S/C24H41F3N2O9SSi2/c1-13(2)40(14(3)4)36-20-18(12-34-39(32,33)24(25,26)27)35-19(17-11-28(9)23(31)29(10)22(17)30)21(20)37-41(38-40,15(5)6)16(7)8/h11,13-16,18-21H,12H2,1-10H3/t18-,19+,20-,21+/m1/s1. The van der Waals surface area contributed by atoms with Crippen molar-refractivity contribution in [2.24, 2.45) is 14.1 Å². The Kier molecular flexibility index (Phi) is 9.68. The first-order valence-corrected chi connectivity index (χ1v) is 18.9. The average Bonchev–Trinajstić information content (AvgIpc) is 3.06. The van der Waals surface area contributed by atoms with Crippen LogP contribution >= 0.6 is 0 Å². The van der Waals surface area contributed by atoms with Crippen molar-refractivity contribution < 1.29 is 43.5 Å². The van der Waals surface area contributed by atoms with Crippen LogP contribution in [0.4, 0.5) is 13.2 Å². The molecule has 17 heteroatoms. The molecule has 2 aliphatic heterocycles. The summed E-state index contributed by atoms with van der Waals surface area (Å²) in [6, 6.07) is 0. The molecule has 1 aromatic heterocycles. The Labute approximate surface area is 240 Å². The highest BCUT2D eigenvalue weighted by Crippen LogP contribution is 2.52. The summed E-state index contributed by atoms with van der Waals surface area (Å²) in [4.78, 5) is 25.7. The quantitative estimate of drug-likeness (QED) is 0.236. The van der Waals surface area contributed by atoms with Crippen molar-refractivity contribution in [3.63, 3.8) is 0 Å². The molecule has 1 aromatic rings. The second-order valence-electron chi connectivity index (χ2n) is 12.0. The first kappa shape index (κ1) is 34.1. The predicted molar refractivity (Wildman–Crippen MR) is 148 cm³/mol. The molecule has 11 nitrogen and oxygen atoms in total. The molecule has 0 aliphatic carbocycles. The van der Waals surface area contributed by atoms with Crippen molar-refractivity contribution >= 4 is 27.2 Å². The Bertz CT molecular complexity index is 1330. The zero-order chi connectivity index (χ0) is 31.5. The second kappa shape index (κ2) is 11.6. The van der Waals surface area contributed by atoms with Gasteiger partial charge in [-0.15, -0.1) is 0 Å². The maximum Gasteiger partial charge on any atom is 0.523 e. The van der Waals surface area contributed by atoms with Crippen molar-refractivity contribution in [1.29, 1.82) is 0 Å². The molecule has 2 fully saturated rings. The fraction of sp³-hybridized carbons (Fsp3) is 0.833. The molecular formula is C24H41F3N2O9SSi2. The van der Waals surface area contributed by atoms with E-state index in [-0.39, 0.29) is 27.7 Å². The molecule has 236 valence electrons. The van der Waals surface area contributed by atoms with E-state index >= 15 is 0 Å². The summed E-state index contributed by atoms with van der Waals surface area (Å²) in [6.07, 6.45) is -3.49. The lowest BCUT2D eigenvalue weighted by Crippen LogP contribution is -2.60. The first-order chi connectivity index (χ1) is 18.6. The molecule has 0 bridgehead atoms. The smallest absolute Gasteiger partial charge is 0.414 e. The third-order valence-electron chi connectivity index (χ3n) is 7.94. The number of fused-ring (bicyclic) bond motifs is 1. The molecular weight excluding hydrogens is 606 g/mol. The van der Waals surface area contributed by atoms with Gasteiger partial charge in [-0.1, -0.05) is 55.4 Å². The lowest BCUT2D eigenvalue weighted by atomic mass is 10.0. The number of hydrogen-bond acceptors (Lipinski definition) is 9. The molecule has 0 radical (unpaired) electrons. The normalized spacial score (nSPS) is 26.7. The molecule has 0 aromatic carbocycles. The number of ether oxygens (including phenoxy) is 1. The topological polar surface area (TPSA) is 124 Å². The number of alkyl halides is 3. The second-order valence-corrected chi connectivity index (χ2v) is 22.3. The summed E-state index contributed by atoms with van der Waals surface area (Å²) in [6.45, 7) is 14.6. The number of rotatable bonds is 8. The van der Waals surface area contributed by atoms with E-state index in [0.29, 0.717) is 0 Å². The molecule has 2 saturated heterocycles. The molecule has 41 heavy (non-hydrogen) atoms. The number of halogens is 3. The van der Waals surface area contributed by atoms with Crippen molar-refractivity contribution in [3.8, 4) is 0 Å². The van der Waals surface area contributed by atoms with E-state index in [1.54, 1.807) is 0 Å². The van der Waals surface area contributed by atoms with Crippen LogP contribution in [-0.2, 0) is 46.1 Å². The van der Waals surface area contributed by atoms with Crippen molar-refractivity contribution in [3.05, 3.63) is 32.6 Å². The Hall–Kier alpha value is -1.35. The Balaban J connectivity index is 2.28. The molecule has 3 heterocycles. The maximum atomic E-state index is 13.3. The summed E-state index contributed by atoms with van der Waals surface area (Å²) in [5, 5.41) is 0. The highest BCUT2D eigenvalue weighted by molar-refractivity contribution is 7.87. The van der Waals surface area contributed by atoms with Crippen LogP contribution in [0.2, 0.25) is 22.2 Å². The molecule has 0 spiro atoms. The van der Waals surface area contributed by atoms with Gasteiger partial charge in [0.15, 0.2) is 0 Å². The summed E-state index contributed by atoms with van der Waals surface area (Å²) in [5.41, 5.74) is -7.42. The summed E-state index contributed by atoms with van der Waals surface area (Å²) < 4.78 is 96.5. The van der Waals surface area contributed by atoms with E-state index in [9.17, 15) is 31.2 Å². The zero-order valence-corrected chi connectivity index (χ0v) is 27.8. The molecule has 0 unspecified atom stereocenters. The van der Waals surface area contributed by atoms with E-state index in [1.807, 2.05) is 55.4 Å². The van der Waals surface area contributed by atoms with Crippen LogP contribution in [-0.4, -0.2) is 65.1 Å². The van der Waals surface area contributed by atoms with Crippen LogP contribution in [0.3, 0.4) is 0 Å². The number of hydrogen-bond donors (Lipinski definition) is 0. The van der Waals surface area contributed by atoms with Crippen LogP contribution < -0.4 is 11.2 Å². The van der Waals surface area contributed by atoms with Gasteiger partial charge < -0.3 is 22.3 Å². The molecule has 0 saturated carbocycles. The number of aromatic nitrogens is 2. The van der Waals surface area contributed by atoms with Gasteiger partial charge in [0.05, 0.1) is 12.2 Å². The Morgan fingerprint density at radius 3 is 1.80 bits per heavy atom. The van der Waals surface area contributed by atoms with Gasteiger partial charge in [-0.3, -0.25) is 13.5 Å². The highest BCUT2D eigenvalue weighted by atomic mass is 32.2. The van der Waals surface area contributed by atoms with Gasteiger partial charge in [0, 0.05) is 20.3 Å². The maximum absolute atomic E-state index is 13.3. The van der Waals surface area contributed by atoms with E-state index < -0.39 is 75.0 Å². The van der Waals surface area contributed by atoms with E-state index in [4.69, 9.17) is 17.7 Å². The molecule has 2 aliphatic rings. The molecule has 0 N–H and O–H groups in total.